The molecule has 8 nitrogen and oxygen atoms in total. The molecule has 2 amide bonds. The van der Waals surface area contributed by atoms with Gasteiger partial charge in [-0.1, -0.05) is 11.6 Å². The van der Waals surface area contributed by atoms with Gasteiger partial charge in [0.15, 0.2) is 27.3 Å². The lowest BCUT2D eigenvalue weighted by molar-refractivity contribution is -0.134. The fourth-order valence-corrected chi connectivity index (χ4v) is 8.76. The molecule has 3 saturated carbocycles. The van der Waals surface area contributed by atoms with Gasteiger partial charge in [0, 0.05) is 30.5 Å². The fourth-order valence-electron chi connectivity index (χ4n) is 6.36. The summed E-state index contributed by atoms with van der Waals surface area (Å²) in [7, 11) is -2.52. The highest BCUT2D eigenvalue weighted by Crippen LogP contribution is 2.53. The van der Waals surface area contributed by atoms with Crippen LogP contribution in [0.5, 0.6) is 0 Å². The summed E-state index contributed by atoms with van der Waals surface area (Å²) in [5.74, 6) is -6.68. The van der Waals surface area contributed by atoms with Crippen LogP contribution in [0.15, 0.2) is 35.2 Å². The molecule has 2 atom stereocenters. The number of halogens is 4. The van der Waals surface area contributed by atoms with Gasteiger partial charge in [0.2, 0.25) is 5.91 Å². The molecule has 0 aliphatic heterocycles. The lowest BCUT2D eigenvalue weighted by atomic mass is 9.72. The molecule has 2 aromatic rings. The SMILES string of the molecule is COCC1(NC(=O)C[C@]2(O)C3CCC2C[C@@H](S(=O)(=O)c2cc(C(=O)Nc4cc(F)c(F)c(F)c4)ccc2Cl)C3)CC1. The van der Waals surface area contributed by atoms with Crippen LogP contribution in [0.4, 0.5) is 18.9 Å². The third-order valence-electron chi connectivity index (χ3n) is 8.68. The largest absolute Gasteiger partial charge is 0.389 e. The van der Waals surface area contributed by atoms with Crippen LogP contribution in [0.3, 0.4) is 0 Å². The molecule has 2 unspecified atom stereocenters. The van der Waals surface area contributed by atoms with Crippen molar-refractivity contribution >= 4 is 38.9 Å². The first-order valence-electron chi connectivity index (χ1n) is 13.3. The second-order valence-electron chi connectivity index (χ2n) is 11.4. The molecule has 13 heteroatoms. The van der Waals surface area contributed by atoms with Gasteiger partial charge in [-0.3, -0.25) is 9.59 Å². The standard InChI is InChI=1S/C28H30ClF3N2O6S/c1-40-14-27(6-7-27)34-24(35)13-28(37)16-3-4-17(28)10-19(9-16)41(38,39)23-8-15(2-5-20(23)29)26(36)33-18-11-21(30)25(32)22(31)12-18/h2,5,8,11-12,16-17,19,37H,3-4,6-7,9-10,13-14H2,1H3,(H,33,36)(H,34,35)/t16?,17?,19-,28-. The Morgan fingerprint density at radius 2 is 1.68 bits per heavy atom. The molecule has 3 aliphatic rings. The predicted octanol–water partition coefficient (Wildman–Crippen LogP) is 4.39. The number of anilines is 1. The summed E-state index contributed by atoms with van der Waals surface area (Å²) in [6, 6.07) is 4.78. The van der Waals surface area contributed by atoms with E-state index in [2.05, 4.69) is 10.6 Å². The number of ether oxygens (including phenoxy) is 1. The second-order valence-corrected chi connectivity index (χ2v) is 14.0. The van der Waals surface area contributed by atoms with Crippen molar-refractivity contribution in [3.8, 4) is 0 Å². The van der Waals surface area contributed by atoms with Gasteiger partial charge in [0.05, 0.1) is 39.3 Å². The number of nitrogens with one attached hydrogen (secondary N) is 2. The molecule has 3 fully saturated rings. The quantitative estimate of drug-likeness (QED) is 0.360. The first-order chi connectivity index (χ1) is 19.3. The number of fused-ring (bicyclic) bond motifs is 2. The van der Waals surface area contributed by atoms with Crippen molar-refractivity contribution < 1.29 is 41.0 Å². The van der Waals surface area contributed by atoms with Crippen LogP contribution in [0.1, 0.15) is 55.3 Å². The molecule has 0 heterocycles. The molecule has 2 aromatic carbocycles. The molecule has 41 heavy (non-hydrogen) atoms. The number of rotatable bonds is 9. The van der Waals surface area contributed by atoms with E-state index >= 15 is 0 Å². The van der Waals surface area contributed by atoms with Gasteiger partial charge in [-0.25, -0.2) is 21.6 Å². The van der Waals surface area contributed by atoms with E-state index in [1.54, 1.807) is 7.11 Å². The molecular weight excluding hydrogens is 585 g/mol. The summed E-state index contributed by atoms with van der Waals surface area (Å²) >= 11 is 6.27. The smallest absolute Gasteiger partial charge is 0.255 e. The van der Waals surface area contributed by atoms with Crippen LogP contribution in [-0.2, 0) is 19.4 Å². The molecule has 0 spiro atoms. The zero-order chi connectivity index (χ0) is 29.7. The summed E-state index contributed by atoms with van der Waals surface area (Å²) in [6.07, 6.45) is 2.86. The zero-order valence-corrected chi connectivity index (χ0v) is 23.8. The highest BCUT2D eigenvalue weighted by Gasteiger charge is 2.57. The Bertz CT molecular complexity index is 1460. The molecule has 0 aromatic heterocycles. The number of hydrogen-bond acceptors (Lipinski definition) is 6. The van der Waals surface area contributed by atoms with Gasteiger partial charge in [-0.05, 0) is 68.6 Å². The number of carbonyl (C=O) groups excluding carboxylic acids is 2. The number of hydrogen-bond donors (Lipinski definition) is 3. The van der Waals surface area contributed by atoms with Crippen LogP contribution in [0.25, 0.3) is 0 Å². The third-order valence-corrected chi connectivity index (χ3v) is 11.3. The van der Waals surface area contributed by atoms with E-state index in [0.717, 1.165) is 18.9 Å². The van der Waals surface area contributed by atoms with Gasteiger partial charge in [0.1, 0.15) is 0 Å². The number of carbonyl (C=O) groups is 2. The van der Waals surface area contributed by atoms with E-state index in [1.807, 2.05) is 0 Å². The monoisotopic (exact) mass is 614 g/mol. The second kappa shape index (κ2) is 10.9. The van der Waals surface area contributed by atoms with Crippen molar-refractivity contribution in [1.82, 2.24) is 5.32 Å². The molecule has 222 valence electrons. The van der Waals surface area contributed by atoms with Crippen molar-refractivity contribution in [3.05, 3.63) is 58.4 Å². The molecule has 2 bridgehead atoms. The Morgan fingerprint density at radius 3 is 2.24 bits per heavy atom. The minimum atomic E-state index is -4.08. The average Bonchev–Trinajstić information content (AvgIpc) is 3.64. The zero-order valence-electron chi connectivity index (χ0n) is 22.2. The molecule has 3 N–H and O–H groups in total. The van der Waals surface area contributed by atoms with Crippen LogP contribution in [0, 0.1) is 29.3 Å². The molecule has 5 rings (SSSR count). The van der Waals surface area contributed by atoms with Gasteiger partial charge in [-0.2, -0.15) is 0 Å². The van der Waals surface area contributed by atoms with Crippen molar-refractivity contribution in [2.75, 3.05) is 19.0 Å². The van der Waals surface area contributed by atoms with E-state index in [9.17, 15) is 36.3 Å². The Labute approximate surface area is 240 Å². The maximum Gasteiger partial charge on any atom is 0.255 e. The minimum Gasteiger partial charge on any atom is -0.389 e. The Balaban J connectivity index is 1.31. The molecule has 0 saturated heterocycles. The number of aliphatic hydroxyl groups is 1. The van der Waals surface area contributed by atoms with Crippen LogP contribution < -0.4 is 10.6 Å². The predicted molar refractivity (Wildman–Crippen MR) is 144 cm³/mol. The van der Waals surface area contributed by atoms with Crippen LogP contribution in [-0.4, -0.2) is 55.4 Å². The van der Waals surface area contributed by atoms with Crippen molar-refractivity contribution in [2.24, 2.45) is 11.8 Å². The number of sulfone groups is 1. The maximum atomic E-state index is 13.8. The summed E-state index contributed by atoms with van der Waals surface area (Å²) in [6.45, 7) is 0.389. The summed E-state index contributed by atoms with van der Waals surface area (Å²) in [5, 5.41) is 15.8. The summed E-state index contributed by atoms with van der Waals surface area (Å²) in [5.41, 5.74) is -2.22. The van der Waals surface area contributed by atoms with E-state index in [-0.39, 0.29) is 46.3 Å². The van der Waals surface area contributed by atoms with Crippen molar-refractivity contribution in [1.29, 1.82) is 0 Å². The summed E-state index contributed by atoms with van der Waals surface area (Å²) in [4.78, 5) is 25.3. The first-order valence-corrected chi connectivity index (χ1v) is 15.2. The number of methoxy groups -OCH3 is 1. The average molecular weight is 615 g/mol. The molecule has 3 aliphatic carbocycles. The van der Waals surface area contributed by atoms with Crippen molar-refractivity contribution in [3.63, 3.8) is 0 Å². The van der Waals surface area contributed by atoms with Crippen LogP contribution in [0.2, 0.25) is 5.02 Å². The Morgan fingerprint density at radius 1 is 1.07 bits per heavy atom. The highest BCUT2D eigenvalue weighted by molar-refractivity contribution is 7.92. The Kier molecular flexibility index (Phi) is 7.90. The summed E-state index contributed by atoms with van der Waals surface area (Å²) < 4.78 is 73.1. The van der Waals surface area contributed by atoms with E-state index < -0.39 is 61.4 Å². The fraction of sp³-hybridized carbons (Fsp3) is 0.500. The highest BCUT2D eigenvalue weighted by atomic mass is 35.5. The molecule has 0 radical (unpaired) electrons. The Hall–Kier alpha value is -2.67. The van der Waals surface area contributed by atoms with Crippen molar-refractivity contribution in [2.45, 2.75) is 66.2 Å². The number of amides is 2. The maximum absolute atomic E-state index is 13.8. The van der Waals surface area contributed by atoms with E-state index in [0.29, 0.717) is 31.6 Å². The van der Waals surface area contributed by atoms with Gasteiger partial charge < -0.3 is 20.5 Å². The third kappa shape index (κ3) is 5.71. The first kappa shape index (κ1) is 29.8. The lowest BCUT2D eigenvalue weighted by Gasteiger charge is -2.42. The minimum absolute atomic E-state index is 0.110. The van der Waals surface area contributed by atoms with E-state index in [1.165, 1.54) is 12.1 Å². The van der Waals surface area contributed by atoms with E-state index in [4.69, 9.17) is 16.3 Å². The normalized spacial score (nSPS) is 26.4. The number of benzene rings is 2. The lowest BCUT2D eigenvalue weighted by Crippen LogP contribution is -2.52. The van der Waals surface area contributed by atoms with Gasteiger partial charge in [-0.15, -0.1) is 0 Å². The topological polar surface area (TPSA) is 122 Å². The van der Waals surface area contributed by atoms with Crippen LogP contribution >= 0.6 is 11.6 Å². The molecular formula is C28H30ClF3N2O6S. The van der Waals surface area contributed by atoms with Gasteiger partial charge in [0.25, 0.3) is 5.91 Å². The van der Waals surface area contributed by atoms with Gasteiger partial charge >= 0.3 is 0 Å².